The first-order chi connectivity index (χ1) is 30.9. The number of aliphatic carboxylic acids is 1. The molecule has 2 aliphatic heterocycles. The van der Waals surface area contributed by atoms with Crippen molar-refractivity contribution in [3.05, 3.63) is 47.2 Å². The maximum absolute atomic E-state index is 14.8. The van der Waals surface area contributed by atoms with Crippen LogP contribution in [0.15, 0.2) is 41.6 Å². The zero-order chi connectivity index (χ0) is 51.1. The fraction of sp³-hybridized carbons (Fsp3) is 0.421. The highest BCUT2D eigenvalue weighted by atomic mass is 32.2. The Bertz CT molecular complexity index is 2270. The van der Waals surface area contributed by atoms with Gasteiger partial charge in [0.1, 0.15) is 5.37 Å². The van der Waals surface area contributed by atoms with Crippen LogP contribution in [0, 0.1) is 0 Å². The van der Waals surface area contributed by atoms with Crippen LogP contribution in [0.1, 0.15) is 74.8 Å². The van der Waals surface area contributed by atoms with Crippen molar-refractivity contribution in [1.82, 2.24) is 9.96 Å². The third-order valence-electron chi connectivity index (χ3n) is 7.70. The minimum Gasteiger partial charge on any atom is -0.477 e. The third-order valence-corrected chi connectivity index (χ3v) is 9.09. The number of ether oxygens (including phenoxy) is 10. The highest BCUT2D eigenvalue weighted by Crippen LogP contribution is 2.57. The van der Waals surface area contributed by atoms with Gasteiger partial charge in [-0.05, 0) is 11.8 Å². The number of fused-ring (bicyclic) bond motifs is 1. The van der Waals surface area contributed by atoms with Gasteiger partial charge in [-0.1, -0.05) is 30.3 Å². The molecule has 0 spiro atoms. The number of esters is 10. The number of carboxylic acid groups (broad SMARTS) is 1. The molecule has 2 atom stereocenters. The van der Waals surface area contributed by atoms with Gasteiger partial charge in [0.05, 0.1) is 0 Å². The molecule has 1 aromatic rings. The van der Waals surface area contributed by atoms with E-state index in [1.54, 1.807) is 0 Å². The minimum atomic E-state index is -4.36. The van der Waals surface area contributed by atoms with Crippen molar-refractivity contribution in [3.63, 3.8) is 0 Å². The van der Waals surface area contributed by atoms with Gasteiger partial charge in [-0.25, -0.2) is 9.59 Å². The number of carbonyl (C=O) groups excluding carboxylic acids is 13. The summed E-state index contributed by atoms with van der Waals surface area (Å²) in [5.41, 5.74) is -4.09. The van der Waals surface area contributed by atoms with E-state index in [1.165, 1.54) is 18.2 Å². The highest BCUT2D eigenvalue weighted by molar-refractivity contribution is 8.01. The first-order valence-electron chi connectivity index (χ1n) is 18.5. The molecule has 29 heteroatoms. The number of thioether (sulfide) groups is 1. The molecule has 0 bridgehead atoms. The number of carboxylic acids is 1. The lowest BCUT2D eigenvalue weighted by atomic mass is 9.98. The summed E-state index contributed by atoms with van der Waals surface area (Å²) in [6, 6.07) is 3.66. The second-order valence-corrected chi connectivity index (χ2v) is 14.5. The molecular formula is C38H38N2O26S. The van der Waals surface area contributed by atoms with Gasteiger partial charge in [0.15, 0.2) is 17.3 Å². The van der Waals surface area contributed by atoms with Gasteiger partial charge in [-0.15, -0.1) is 5.06 Å². The smallest absolute Gasteiger partial charge is 0.477 e. The Balaban J connectivity index is 2.63. The van der Waals surface area contributed by atoms with Crippen LogP contribution in [0.2, 0.25) is 0 Å². The number of β-lactam (4-membered cyclic amide) rings is 1. The summed E-state index contributed by atoms with van der Waals surface area (Å²) in [4.78, 5) is 189. The molecule has 1 aromatic carbocycles. The molecule has 0 unspecified atom stereocenters. The molecule has 2 amide bonds. The predicted molar refractivity (Wildman–Crippen MR) is 204 cm³/mol. The second kappa shape index (κ2) is 20.4. The predicted octanol–water partition coefficient (Wildman–Crippen LogP) is -0.659. The van der Waals surface area contributed by atoms with E-state index in [0.717, 1.165) is 26.0 Å². The highest BCUT2D eigenvalue weighted by Gasteiger charge is 2.74. The van der Waals surface area contributed by atoms with Crippen LogP contribution >= 0.6 is 11.8 Å². The molecule has 28 nitrogen and oxygen atoms in total. The summed E-state index contributed by atoms with van der Waals surface area (Å²) in [5.74, 6) is -35.8. The van der Waals surface area contributed by atoms with Crippen molar-refractivity contribution in [2.75, 3.05) is 0 Å². The first-order valence-corrected chi connectivity index (χ1v) is 19.3. The largest absolute Gasteiger partial charge is 0.530 e. The number of benzene rings is 1. The van der Waals surface area contributed by atoms with E-state index < -0.39 is 135 Å². The van der Waals surface area contributed by atoms with E-state index in [1.807, 2.05) is 0 Å². The second-order valence-electron chi connectivity index (χ2n) is 13.3. The Labute approximate surface area is 379 Å². The van der Waals surface area contributed by atoms with E-state index in [9.17, 15) is 72.2 Å². The molecule has 2 aliphatic rings. The maximum Gasteiger partial charge on any atom is 0.530 e. The number of hydrogen-bond donors (Lipinski definition) is 1. The fourth-order valence-corrected chi connectivity index (χ4v) is 7.71. The van der Waals surface area contributed by atoms with E-state index in [-0.39, 0.29) is 21.7 Å². The molecule has 0 radical (unpaired) electrons. The number of nitrogens with zero attached hydrogens (tertiary/aromatic N) is 2. The molecule has 1 N–H and O–H groups in total. The molecule has 0 saturated carbocycles. The summed E-state index contributed by atoms with van der Waals surface area (Å²) in [6.07, 6.45) is 0. The normalized spacial score (nSPS) is 16.1. The lowest BCUT2D eigenvalue weighted by Gasteiger charge is -2.55. The Morgan fingerprint density at radius 1 is 0.582 bits per heavy atom. The lowest BCUT2D eigenvalue weighted by Crippen LogP contribution is -2.75. The molecular weight excluding hydrogens is 932 g/mol. The van der Waals surface area contributed by atoms with Gasteiger partial charge in [0.2, 0.25) is 0 Å². The van der Waals surface area contributed by atoms with Crippen LogP contribution < -0.4 is 0 Å². The van der Waals surface area contributed by atoms with Crippen LogP contribution in [0.5, 0.6) is 0 Å². The average Bonchev–Trinajstić information content (AvgIpc) is 3.14. The van der Waals surface area contributed by atoms with E-state index in [0.29, 0.717) is 55.4 Å². The lowest BCUT2D eigenvalue weighted by molar-refractivity contribution is -0.360. The van der Waals surface area contributed by atoms with Crippen LogP contribution in [-0.4, -0.2) is 127 Å². The molecule has 67 heavy (non-hydrogen) atoms. The van der Waals surface area contributed by atoms with E-state index >= 15 is 0 Å². The number of amides is 2. The van der Waals surface area contributed by atoms with Gasteiger partial charge in [-0.3, -0.25) is 62.4 Å². The summed E-state index contributed by atoms with van der Waals surface area (Å²) in [6.45, 7) is 6.03. The van der Waals surface area contributed by atoms with Gasteiger partial charge < -0.3 is 57.3 Å². The van der Waals surface area contributed by atoms with Crippen molar-refractivity contribution < 1.29 is 124 Å². The van der Waals surface area contributed by atoms with Crippen molar-refractivity contribution in [2.45, 2.75) is 104 Å². The number of hydroxylamine groups is 2. The Morgan fingerprint density at radius 2 is 1.00 bits per heavy atom. The topological polar surface area (TPSA) is 367 Å². The Hall–Kier alpha value is -8.11. The molecule has 3 rings (SSSR count). The van der Waals surface area contributed by atoms with E-state index in [4.69, 9.17) is 52.2 Å². The summed E-state index contributed by atoms with van der Waals surface area (Å²) in [5, 5.41) is 4.81. The van der Waals surface area contributed by atoms with Crippen LogP contribution in [-0.2, 0) is 125 Å². The van der Waals surface area contributed by atoms with Gasteiger partial charge >= 0.3 is 100 Å². The Morgan fingerprint density at radius 3 is 1.36 bits per heavy atom. The SMILES string of the molecule is CC(=O)ON(C(=O)C(OC(C)=O)(OC(C)=O)c1ccccc1)[C@@H]1C(=O)N2C(C(=O)O)=C(C(OC(C)=O)(OC(C)=O)OC(=O)C(OC(C)=O)(OC(C)=O)OC(C)=O)C(OC(C)=O)(OC(C)=O)S[C@H]12. The molecule has 1 fully saturated rings. The molecule has 0 aliphatic carbocycles. The zero-order valence-corrected chi connectivity index (χ0v) is 37.3. The van der Waals surface area contributed by atoms with Crippen LogP contribution in [0.3, 0.4) is 0 Å². The minimum absolute atomic E-state index is 0.0942. The fourth-order valence-electron chi connectivity index (χ4n) is 6.05. The number of rotatable bonds is 16. The number of carbonyl (C=O) groups is 14. The van der Waals surface area contributed by atoms with Crippen LogP contribution in [0.4, 0.5) is 0 Å². The van der Waals surface area contributed by atoms with Crippen molar-refractivity contribution >= 4 is 95.2 Å². The zero-order valence-electron chi connectivity index (χ0n) is 36.5. The van der Waals surface area contributed by atoms with Crippen molar-refractivity contribution in [1.29, 1.82) is 0 Å². The monoisotopic (exact) mass is 970 g/mol. The van der Waals surface area contributed by atoms with Crippen LogP contribution in [0.25, 0.3) is 0 Å². The molecule has 362 valence electrons. The maximum atomic E-state index is 14.8. The summed E-state index contributed by atoms with van der Waals surface area (Å²) in [7, 11) is 0. The van der Waals surface area contributed by atoms with E-state index in [2.05, 4.69) is 0 Å². The molecule has 0 aromatic heterocycles. The van der Waals surface area contributed by atoms with Gasteiger partial charge in [0.25, 0.3) is 5.91 Å². The van der Waals surface area contributed by atoms with Crippen molar-refractivity contribution in [2.24, 2.45) is 0 Å². The van der Waals surface area contributed by atoms with Gasteiger partial charge in [-0.2, -0.15) is 0 Å². The summed E-state index contributed by atoms with van der Waals surface area (Å²) < 4.78 is 50.7. The quantitative estimate of drug-likeness (QED) is 0.0706. The van der Waals surface area contributed by atoms with Crippen molar-refractivity contribution in [3.8, 4) is 0 Å². The standard InChI is InChI=1S/C38H38N2O26S/c1-16(41)56-35(57-17(2)42,26-14-12-11-13-15-26)33(54)40(66-25(10)50)28-30(51)39-27(32(52)53)29(38(63-23(8)48,64-24(9)49)67-31(28)39)36(58-18(3)43,59-19(4)44)65-34(55)37(60-20(5)45,61-21(6)46)62-22(7)47/h11-15,28,31H,1-10H3,(H,52,53)/t28-,31-/m1/s1. The van der Waals surface area contributed by atoms with Gasteiger partial charge in [0, 0.05) is 74.8 Å². The molecule has 1 saturated heterocycles. The number of hydrogen-bond acceptors (Lipinski definition) is 26. The molecule has 2 heterocycles. The first kappa shape index (κ1) is 53.2. The third kappa shape index (κ3) is 11.6. The summed E-state index contributed by atoms with van der Waals surface area (Å²) >= 11 is -0.252. The Kier molecular flexibility index (Phi) is 16.2. The average molecular weight is 971 g/mol.